The highest BCUT2D eigenvalue weighted by Gasteiger charge is 2.67. The second-order valence-electron chi connectivity index (χ2n) is 19.0. The molecule has 3 saturated carbocycles. The van der Waals surface area contributed by atoms with Gasteiger partial charge in [0.2, 0.25) is 0 Å². The van der Waals surface area contributed by atoms with E-state index in [1.54, 1.807) is 0 Å². The summed E-state index contributed by atoms with van der Waals surface area (Å²) in [6.07, 6.45) is 10.4. The number of methoxy groups -OCH3 is 1. The summed E-state index contributed by atoms with van der Waals surface area (Å²) in [5.41, 5.74) is 3.70. The zero-order valence-corrected chi connectivity index (χ0v) is 36.3. The number of fused-ring (bicyclic) bond motifs is 7. The number of carbonyl (C=O) groups is 4. The van der Waals surface area contributed by atoms with Gasteiger partial charge in [0.25, 0.3) is 0 Å². The normalized spacial score (nSPS) is 28.9. The highest BCUT2D eigenvalue weighted by Crippen LogP contribution is 2.74. The van der Waals surface area contributed by atoms with Gasteiger partial charge in [0.1, 0.15) is 34.1 Å². The molecule has 3 aromatic carbocycles. The Kier molecular flexibility index (Phi) is 10.9. The predicted octanol–water partition coefficient (Wildman–Crippen LogP) is 9.41. The molecule has 12 heteroatoms. The fourth-order valence-corrected chi connectivity index (χ4v) is 11.6. The first kappa shape index (κ1) is 44.0. The Hall–Kier alpha value is -5.52. The highest BCUT2D eigenvalue weighted by atomic mass is 16.5. The highest BCUT2D eigenvalue weighted by molar-refractivity contribution is 6.01. The van der Waals surface area contributed by atoms with Crippen LogP contribution in [0.5, 0.6) is 34.5 Å². The number of rotatable bonds is 6. The number of hydrogen-bond acceptors (Lipinski definition) is 10. The number of aldehydes is 1. The summed E-state index contributed by atoms with van der Waals surface area (Å²) in [5.74, 6) is -3.66. The molecule has 6 atom stereocenters. The lowest BCUT2D eigenvalue weighted by Crippen LogP contribution is -2.62. The molecule has 0 aliphatic heterocycles. The van der Waals surface area contributed by atoms with Crippen LogP contribution in [0.2, 0.25) is 0 Å². The van der Waals surface area contributed by atoms with Crippen LogP contribution in [-0.4, -0.2) is 61.9 Å². The summed E-state index contributed by atoms with van der Waals surface area (Å²) in [6, 6.07) is 4.52. The lowest BCUT2D eigenvalue weighted by molar-refractivity contribution is -0.177. The van der Waals surface area contributed by atoms with Crippen LogP contribution in [0.4, 0.5) is 0 Å². The molecule has 322 valence electrons. The van der Waals surface area contributed by atoms with Crippen molar-refractivity contribution in [2.75, 3.05) is 7.11 Å². The van der Waals surface area contributed by atoms with Gasteiger partial charge in [0, 0.05) is 11.0 Å². The molecule has 7 rings (SSSR count). The summed E-state index contributed by atoms with van der Waals surface area (Å²) < 4.78 is 10.3. The second kappa shape index (κ2) is 14.9. The lowest BCUT2D eigenvalue weighted by Gasteiger charge is -2.69. The van der Waals surface area contributed by atoms with E-state index in [-0.39, 0.29) is 72.5 Å². The Morgan fingerprint density at radius 1 is 0.750 bits per heavy atom. The van der Waals surface area contributed by atoms with E-state index in [1.807, 2.05) is 19.9 Å². The third-order valence-electron chi connectivity index (χ3n) is 15.7. The minimum absolute atomic E-state index is 0.00431. The molecular weight excluding hydrogens is 769 g/mol. The number of phenolic OH excluding ortho intramolecular Hbond substituents is 3. The van der Waals surface area contributed by atoms with E-state index in [4.69, 9.17) is 9.47 Å². The Bertz CT molecular complexity index is 2380. The van der Waals surface area contributed by atoms with E-state index in [0.717, 1.165) is 62.5 Å². The summed E-state index contributed by atoms with van der Waals surface area (Å²) in [7, 11) is 1.31. The number of aromatic carboxylic acids is 1. The molecule has 0 heterocycles. The number of aryl methyl sites for hydroxylation is 2. The standard InChI is InChI=1S/C29H40O4.C19H18O8/c1-17-18-7-8-21-27(4,19(18)15-20(30)23(17)31)12-14-29(6)22-16-26(3,24(32)33)10-9-25(22,2)11-13-28(21,29)5;1-8-5-13(26-4)11(7-20)17(22)14(8)19(25)27-12-6-9(2)16(21)15(10(12)3)18(23)24/h8,15,22,30-31H,7,9-14,16H2,1-6H3,(H,32,33);5-7,21-22H,1-4H3,(H,23,24). The molecular formula is C48H58O12. The van der Waals surface area contributed by atoms with Crippen molar-refractivity contribution in [1.29, 1.82) is 0 Å². The molecule has 0 spiro atoms. The quantitative estimate of drug-likeness (QED) is 0.0452. The number of esters is 1. The van der Waals surface area contributed by atoms with Crippen LogP contribution in [0, 0.1) is 55.3 Å². The third kappa shape index (κ3) is 6.48. The monoisotopic (exact) mass is 826 g/mol. The number of allylic oxidation sites excluding steroid dienone is 2. The fraction of sp³-hybridized carbons (Fsp3) is 0.500. The summed E-state index contributed by atoms with van der Waals surface area (Å²) in [4.78, 5) is 47.4. The van der Waals surface area contributed by atoms with Crippen LogP contribution >= 0.6 is 0 Å². The molecule has 0 bridgehead atoms. The number of aliphatic carboxylic acids is 1. The predicted molar refractivity (Wildman–Crippen MR) is 224 cm³/mol. The first-order valence-electron chi connectivity index (χ1n) is 20.5. The Labute approximate surface area is 350 Å². The largest absolute Gasteiger partial charge is 0.507 e. The van der Waals surface area contributed by atoms with Gasteiger partial charge in [-0.15, -0.1) is 0 Å². The first-order valence-corrected chi connectivity index (χ1v) is 20.5. The molecule has 12 nitrogen and oxygen atoms in total. The minimum atomic E-state index is -1.38. The van der Waals surface area contributed by atoms with E-state index < -0.39 is 34.8 Å². The Balaban J connectivity index is 0.000000206. The Morgan fingerprint density at radius 2 is 1.38 bits per heavy atom. The zero-order valence-electron chi connectivity index (χ0n) is 36.3. The molecule has 4 aliphatic rings. The van der Waals surface area contributed by atoms with E-state index in [2.05, 4.69) is 33.8 Å². The fourth-order valence-electron chi connectivity index (χ4n) is 11.6. The van der Waals surface area contributed by atoms with Crippen LogP contribution in [0.1, 0.15) is 144 Å². The van der Waals surface area contributed by atoms with Gasteiger partial charge in [0.15, 0.2) is 17.8 Å². The lowest BCUT2D eigenvalue weighted by atomic mass is 9.34. The number of carboxylic acids is 2. The molecule has 60 heavy (non-hydrogen) atoms. The van der Waals surface area contributed by atoms with Crippen molar-refractivity contribution in [3.05, 3.63) is 79.9 Å². The van der Waals surface area contributed by atoms with Crippen molar-refractivity contribution in [1.82, 2.24) is 0 Å². The van der Waals surface area contributed by atoms with Crippen molar-refractivity contribution < 1.29 is 59.3 Å². The maximum atomic E-state index is 12.6. The second-order valence-corrected chi connectivity index (χ2v) is 19.0. The van der Waals surface area contributed by atoms with Crippen LogP contribution in [-0.2, 0) is 16.6 Å². The number of aromatic hydroxyl groups is 4. The minimum Gasteiger partial charge on any atom is -0.507 e. The molecule has 6 unspecified atom stereocenters. The molecule has 0 aromatic heterocycles. The van der Waals surface area contributed by atoms with E-state index in [9.17, 15) is 49.8 Å². The van der Waals surface area contributed by atoms with Crippen LogP contribution in [0.3, 0.4) is 0 Å². The van der Waals surface area contributed by atoms with Gasteiger partial charge in [0.05, 0.1) is 18.1 Å². The summed E-state index contributed by atoms with van der Waals surface area (Å²) >= 11 is 0. The van der Waals surface area contributed by atoms with E-state index in [0.29, 0.717) is 17.8 Å². The van der Waals surface area contributed by atoms with E-state index in [1.165, 1.54) is 51.2 Å². The summed E-state index contributed by atoms with van der Waals surface area (Å²) in [6.45, 7) is 17.9. The average molecular weight is 827 g/mol. The molecule has 6 N–H and O–H groups in total. The van der Waals surface area contributed by atoms with Gasteiger partial charge in [-0.1, -0.05) is 39.3 Å². The maximum absolute atomic E-state index is 12.6. The van der Waals surface area contributed by atoms with Gasteiger partial charge in [-0.3, -0.25) is 9.59 Å². The smallest absolute Gasteiger partial charge is 0.347 e. The summed E-state index contributed by atoms with van der Waals surface area (Å²) in [5, 5.41) is 60.4. The van der Waals surface area contributed by atoms with Gasteiger partial charge in [-0.25, -0.2) is 9.59 Å². The van der Waals surface area contributed by atoms with Gasteiger partial charge < -0.3 is 40.1 Å². The van der Waals surface area contributed by atoms with Crippen LogP contribution in [0.15, 0.2) is 29.8 Å². The number of benzene rings is 3. The Morgan fingerprint density at radius 3 is 1.98 bits per heavy atom. The molecule has 3 fully saturated rings. The number of carboxylic acid groups (broad SMARTS) is 2. The van der Waals surface area contributed by atoms with Crippen LogP contribution < -0.4 is 9.47 Å². The molecule has 0 radical (unpaired) electrons. The molecule has 0 saturated heterocycles. The van der Waals surface area contributed by atoms with Gasteiger partial charge in [-0.05, 0) is 154 Å². The van der Waals surface area contributed by atoms with E-state index >= 15 is 0 Å². The SMILES string of the molecule is COc1cc(C)c(C(=O)Oc2cc(C)c(O)c(C(=O)O)c2C)c(O)c1C=O.Cc1c(O)c(O)cc2c1CC=C1C2(C)CCC2(C)C3CC(C)(C(=O)O)CCC3(C)CCC12C. The van der Waals surface area contributed by atoms with Crippen LogP contribution in [0.25, 0.3) is 0 Å². The molecule has 4 aliphatic carbocycles. The first-order chi connectivity index (χ1) is 27.9. The number of hydrogen-bond donors (Lipinski definition) is 6. The third-order valence-corrected chi connectivity index (χ3v) is 15.7. The number of carbonyl (C=O) groups excluding carboxylic acids is 2. The maximum Gasteiger partial charge on any atom is 0.347 e. The van der Waals surface area contributed by atoms with Crippen molar-refractivity contribution in [2.24, 2.45) is 27.6 Å². The number of ether oxygens (including phenoxy) is 2. The zero-order chi connectivity index (χ0) is 44.7. The topological polar surface area (TPSA) is 208 Å². The average Bonchev–Trinajstić information content (AvgIpc) is 3.18. The van der Waals surface area contributed by atoms with Gasteiger partial charge in [-0.2, -0.15) is 0 Å². The van der Waals surface area contributed by atoms with Crippen molar-refractivity contribution in [2.45, 2.75) is 119 Å². The van der Waals surface area contributed by atoms with Crippen molar-refractivity contribution >= 4 is 24.2 Å². The molecule has 0 amide bonds. The van der Waals surface area contributed by atoms with Crippen molar-refractivity contribution in [3.63, 3.8) is 0 Å². The van der Waals surface area contributed by atoms with Crippen molar-refractivity contribution in [3.8, 4) is 34.5 Å². The molecule has 3 aromatic rings. The number of phenols is 4. The van der Waals surface area contributed by atoms with Gasteiger partial charge >= 0.3 is 17.9 Å².